The maximum absolute atomic E-state index is 6.37. The lowest BCUT2D eigenvalue weighted by Crippen LogP contribution is -1.85. The van der Waals surface area contributed by atoms with E-state index in [1.807, 2.05) is 24.3 Å². The normalized spacial score (nSPS) is 11.5. The van der Waals surface area contributed by atoms with Gasteiger partial charge in [-0.3, -0.25) is 0 Å². The van der Waals surface area contributed by atoms with Crippen LogP contribution in [-0.4, -0.2) is 0 Å². The average molecular weight is 791 g/mol. The van der Waals surface area contributed by atoms with Gasteiger partial charge in [0.15, 0.2) is 0 Å². The Bertz CT molecular complexity index is 3380. The third-order valence-corrected chi connectivity index (χ3v) is 12.3. The van der Waals surface area contributed by atoms with E-state index in [9.17, 15) is 0 Å². The van der Waals surface area contributed by atoms with Crippen LogP contribution in [0.1, 0.15) is 0 Å². The lowest BCUT2D eigenvalue weighted by Gasteiger charge is -2.11. The molecule has 10 aromatic carbocycles. The van der Waals surface area contributed by atoms with Gasteiger partial charge < -0.3 is 8.83 Å². The van der Waals surface area contributed by atoms with Crippen LogP contribution < -0.4 is 0 Å². The van der Waals surface area contributed by atoms with Crippen molar-refractivity contribution in [1.82, 2.24) is 0 Å². The molecule has 2 aromatic heterocycles. The molecule has 0 amide bonds. The van der Waals surface area contributed by atoms with Crippen LogP contribution in [0.3, 0.4) is 0 Å². The average Bonchev–Trinajstić information content (AvgIpc) is 3.93. The lowest BCUT2D eigenvalue weighted by molar-refractivity contribution is 0.669. The van der Waals surface area contributed by atoms with Crippen molar-refractivity contribution in [2.45, 2.75) is 0 Å². The number of rotatable bonds is 7. The minimum atomic E-state index is 0.914. The molecule has 0 saturated carbocycles. The van der Waals surface area contributed by atoms with E-state index in [4.69, 9.17) is 8.83 Å². The number of para-hydroxylation sites is 4. The second kappa shape index (κ2) is 14.8. The fourth-order valence-corrected chi connectivity index (χ4v) is 9.15. The summed E-state index contributed by atoms with van der Waals surface area (Å²) in [5, 5.41) is 4.57. The zero-order chi connectivity index (χ0) is 41.0. The van der Waals surface area contributed by atoms with Crippen molar-refractivity contribution in [3.8, 4) is 77.9 Å². The zero-order valence-corrected chi connectivity index (χ0v) is 33.8. The number of hydrogen-bond acceptors (Lipinski definition) is 2. The molecule has 0 radical (unpaired) electrons. The van der Waals surface area contributed by atoms with Gasteiger partial charge in [0.2, 0.25) is 0 Å². The van der Waals surface area contributed by atoms with Crippen molar-refractivity contribution in [2.75, 3.05) is 0 Å². The summed E-state index contributed by atoms with van der Waals surface area (Å²) in [5.41, 5.74) is 20.0. The molecular weight excluding hydrogens is 753 g/mol. The monoisotopic (exact) mass is 790 g/mol. The molecule has 0 aliphatic rings. The summed E-state index contributed by atoms with van der Waals surface area (Å²) in [5.74, 6) is 0. The molecule has 0 spiro atoms. The van der Waals surface area contributed by atoms with E-state index in [-0.39, 0.29) is 0 Å². The number of fused-ring (bicyclic) bond motifs is 6. The van der Waals surface area contributed by atoms with Gasteiger partial charge in [-0.25, -0.2) is 0 Å². The molecule has 2 heterocycles. The first kappa shape index (κ1) is 35.7. The Morgan fingerprint density at radius 1 is 0.194 bits per heavy atom. The zero-order valence-electron chi connectivity index (χ0n) is 33.8. The minimum Gasteiger partial charge on any atom is -0.455 e. The van der Waals surface area contributed by atoms with Gasteiger partial charge in [-0.15, -0.1) is 0 Å². The van der Waals surface area contributed by atoms with Crippen molar-refractivity contribution in [1.29, 1.82) is 0 Å². The Balaban J connectivity index is 0.786. The minimum absolute atomic E-state index is 0.914. The van der Waals surface area contributed by atoms with Crippen LogP contribution in [0.5, 0.6) is 0 Å². The summed E-state index contributed by atoms with van der Waals surface area (Å²) in [4.78, 5) is 0. The Labute approximate surface area is 359 Å². The number of hydrogen-bond donors (Lipinski definition) is 0. The molecule has 0 N–H and O–H groups in total. The summed E-state index contributed by atoms with van der Waals surface area (Å²) in [6.45, 7) is 0. The quantitative estimate of drug-likeness (QED) is 0.161. The summed E-state index contributed by atoms with van der Waals surface area (Å²) in [6.07, 6.45) is 0. The van der Waals surface area contributed by atoms with Gasteiger partial charge in [-0.2, -0.15) is 0 Å². The SMILES string of the molecule is c1cc(-c2ccc(-c3cccc(-c4cccc5c4oc4ccccc45)c3)cc2)cc(-c2cccc(-c3ccc(-c4cccc(-c5cccc6c5oc5ccccc56)c4)cc3)c2)c1. The fraction of sp³-hybridized carbons (Fsp3) is 0. The van der Waals surface area contributed by atoms with Crippen molar-refractivity contribution < 1.29 is 8.83 Å². The van der Waals surface area contributed by atoms with Gasteiger partial charge in [-0.05, 0) is 103 Å². The standard InChI is InChI=1S/C60H38O2/c1-3-25-57-53(19-1)55-23-9-21-51(59(55)61-57)49-17-7-13-45(37-49)41-31-27-39(28-32-41)43-11-5-15-47(35-43)48-16-6-12-44(36-48)40-29-33-42(34-30-40)46-14-8-18-50(38-46)52-22-10-24-56-54-20-2-4-26-58(54)62-60(52)56/h1-38H. The van der Waals surface area contributed by atoms with Gasteiger partial charge in [0, 0.05) is 32.7 Å². The van der Waals surface area contributed by atoms with Gasteiger partial charge >= 0.3 is 0 Å². The van der Waals surface area contributed by atoms with E-state index in [1.54, 1.807) is 0 Å². The first-order chi connectivity index (χ1) is 30.7. The molecule has 0 aliphatic heterocycles. The van der Waals surface area contributed by atoms with Gasteiger partial charge in [0.25, 0.3) is 0 Å². The van der Waals surface area contributed by atoms with Crippen molar-refractivity contribution in [3.05, 3.63) is 231 Å². The molecule has 290 valence electrons. The number of furan rings is 2. The van der Waals surface area contributed by atoms with Crippen molar-refractivity contribution >= 4 is 43.9 Å². The highest BCUT2D eigenvalue weighted by Gasteiger charge is 2.15. The first-order valence-electron chi connectivity index (χ1n) is 21.1. The molecule has 0 aliphatic carbocycles. The molecule has 12 rings (SSSR count). The first-order valence-corrected chi connectivity index (χ1v) is 21.1. The molecule has 0 fully saturated rings. The van der Waals surface area contributed by atoms with Crippen LogP contribution in [0.4, 0.5) is 0 Å². The van der Waals surface area contributed by atoms with E-state index >= 15 is 0 Å². The second-order valence-corrected chi connectivity index (χ2v) is 16.0. The maximum Gasteiger partial charge on any atom is 0.143 e. The molecule has 0 unspecified atom stereocenters. The molecule has 12 aromatic rings. The molecule has 0 bridgehead atoms. The summed E-state index contributed by atoms with van der Waals surface area (Å²) < 4.78 is 12.7. The van der Waals surface area contributed by atoms with Gasteiger partial charge in [0.05, 0.1) is 0 Å². The predicted octanol–water partition coefficient (Wildman–Crippen LogP) is 17.2. The van der Waals surface area contributed by atoms with Gasteiger partial charge in [0.1, 0.15) is 22.3 Å². The van der Waals surface area contributed by atoms with Gasteiger partial charge in [-0.1, -0.05) is 194 Å². The van der Waals surface area contributed by atoms with E-state index in [2.05, 4.69) is 206 Å². The van der Waals surface area contributed by atoms with Crippen LogP contribution in [0.25, 0.3) is 122 Å². The maximum atomic E-state index is 6.37. The lowest BCUT2D eigenvalue weighted by atomic mass is 9.94. The molecule has 62 heavy (non-hydrogen) atoms. The van der Waals surface area contributed by atoms with Crippen molar-refractivity contribution in [2.24, 2.45) is 0 Å². The highest BCUT2D eigenvalue weighted by Crippen LogP contribution is 2.39. The fourth-order valence-electron chi connectivity index (χ4n) is 9.15. The van der Waals surface area contributed by atoms with Crippen LogP contribution in [0, 0.1) is 0 Å². The molecule has 2 nitrogen and oxygen atoms in total. The van der Waals surface area contributed by atoms with Crippen LogP contribution in [-0.2, 0) is 0 Å². The Morgan fingerprint density at radius 3 is 0.839 bits per heavy atom. The van der Waals surface area contributed by atoms with Crippen molar-refractivity contribution in [3.63, 3.8) is 0 Å². The third kappa shape index (κ3) is 6.29. The Morgan fingerprint density at radius 2 is 0.468 bits per heavy atom. The Kier molecular flexibility index (Phi) is 8.53. The van der Waals surface area contributed by atoms with Crippen LogP contribution >= 0.6 is 0 Å². The van der Waals surface area contributed by atoms with Crippen LogP contribution in [0.2, 0.25) is 0 Å². The molecular formula is C60H38O2. The topological polar surface area (TPSA) is 26.3 Å². The smallest absolute Gasteiger partial charge is 0.143 e. The third-order valence-electron chi connectivity index (χ3n) is 12.3. The van der Waals surface area contributed by atoms with Crippen LogP contribution in [0.15, 0.2) is 239 Å². The van der Waals surface area contributed by atoms with E-state index in [1.165, 1.54) is 55.6 Å². The number of benzene rings is 10. The molecule has 0 saturated heterocycles. The summed E-state index contributed by atoms with van der Waals surface area (Å²) >= 11 is 0. The highest BCUT2D eigenvalue weighted by molar-refractivity contribution is 6.10. The highest BCUT2D eigenvalue weighted by atomic mass is 16.3. The summed E-state index contributed by atoms with van der Waals surface area (Å²) in [7, 11) is 0. The molecule has 2 heteroatoms. The van der Waals surface area contributed by atoms with E-state index in [0.29, 0.717) is 0 Å². The predicted molar refractivity (Wildman–Crippen MR) is 259 cm³/mol. The summed E-state index contributed by atoms with van der Waals surface area (Å²) in [6, 6.07) is 82.4. The largest absolute Gasteiger partial charge is 0.455 e. The van der Waals surface area contributed by atoms with E-state index < -0.39 is 0 Å². The van der Waals surface area contributed by atoms with E-state index in [0.717, 1.165) is 66.1 Å². The Hall–Kier alpha value is -8.20. The second-order valence-electron chi connectivity index (χ2n) is 16.0. The molecule has 0 atom stereocenters.